The van der Waals surface area contributed by atoms with Crippen LogP contribution < -0.4 is 5.32 Å². The number of hydrogen-bond acceptors (Lipinski definition) is 3. The fourth-order valence-electron chi connectivity index (χ4n) is 1.75. The third-order valence-corrected chi connectivity index (χ3v) is 2.63. The van der Waals surface area contributed by atoms with Crippen LogP contribution in [0.3, 0.4) is 0 Å². The van der Waals surface area contributed by atoms with Gasteiger partial charge in [0.15, 0.2) is 0 Å². The van der Waals surface area contributed by atoms with Gasteiger partial charge in [-0.15, -0.1) is 0 Å². The van der Waals surface area contributed by atoms with Gasteiger partial charge < -0.3 is 15.2 Å². The topological polar surface area (TPSA) is 41.5 Å². The highest BCUT2D eigenvalue weighted by atomic mass is 19.4. The van der Waals surface area contributed by atoms with Crippen LogP contribution in [-0.4, -0.2) is 43.2 Å². The largest absolute Gasteiger partial charge is 0.411 e. The summed E-state index contributed by atoms with van der Waals surface area (Å²) in [4.78, 5) is 0. The average molecular weight is 227 g/mol. The van der Waals surface area contributed by atoms with E-state index in [9.17, 15) is 13.2 Å². The van der Waals surface area contributed by atoms with Gasteiger partial charge in [-0.1, -0.05) is 0 Å². The van der Waals surface area contributed by atoms with E-state index in [4.69, 9.17) is 5.11 Å². The molecular weight excluding hydrogens is 211 g/mol. The molecule has 3 nitrogen and oxygen atoms in total. The number of rotatable bonds is 5. The summed E-state index contributed by atoms with van der Waals surface area (Å²) in [6.45, 7) is -0.441. The molecule has 1 heterocycles. The maximum absolute atomic E-state index is 11.7. The molecule has 1 fully saturated rings. The van der Waals surface area contributed by atoms with Gasteiger partial charge >= 0.3 is 6.18 Å². The van der Waals surface area contributed by atoms with E-state index < -0.39 is 18.3 Å². The van der Waals surface area contributed by atoms with Crippen LogP contribution in [0, 0.1) is 0 Å². The first-order valence-corrected chi connectivity index (χ1v) is 4.98. The lowest BCUT2D eigenvalue weighted by molar-refractivity contribution is -0.175. The van der Waals surface area contributed by atoms with Gasteiger partial charge in [-0.2, -0.15) is 13.2 Å². The van der Waals surface area contributed by atoms with Crippen molar-refractivity contribution in [2.24, 2.45) is 0 Å². The normalized spacial score (nSPS) is 27.2. The Morgan fingerprint density at radius 3 is 2.60 bits per heavy atom. The van der Waals surface area contributed by atoms with E-state index in [2.05, 4.69) is 10.1 Å². The number of nitrogens with one attached hydrogen (secondary N) is 1. The fraction of sp³-hybridized carbons (Fsp3) is 1.00. The maximum atomic E-state index is 11.7. The zero-order valence-corrected chi connectivity index (χ0v) is 8.44. The van der Waals surface area contributed by atoms with E-state index in [1.54, 1.807) is 0 Å². The van der Waals surface area contributed by atoms with Crippen molar-refractivity contribution in [1.29, 1.82) is 0 Å². The lowest BCUT2D eigenvalue weighted by Gasteiger charge is -2.26. The highest BCUT2D eigenvalue weighted by Crippen LogP contribution is 2.23. The molecule has 1 unspecified atom stereocenters. The van der Waals surface area contributed by atoms with Gasteiger partial charge in [0, 0.05) is 12.1 Å². The second-order valence-corrected chi connectivity index (χ2v) is 3.89. The SMILES string of the molecule is OCC1(CCOCC(F)(F)F)CCCN1. The zero-order chi connectivity index (χ0) is 11.4. The molecule has 0 bridgehead atoms. The molecule has 90 valence electrons. The van der Waals surface area contributed by atoms with E-state index in [0.717, 1.165) is 19.4 Å². The first-order chi connectivity index (χ1) is 6.97. The number of halogens is 3. The van der Waals surface area contributed by atoms with Crippen molar-refractivity contribution in [3.8, 4) is 0 Å². The first-order valence-electron chi connectivity index (χ1n) is 4.98. The third kappa shape index (κ3) is 4.36. The van der Waals surface area contributed by atoms with Crippen LogP contribution in [0.2, 0.25) is 0 Å². The Hall–Kier alpha value is -0.330. The summed E-state index contributed by atoms with van der Waals surface area (Å²) in [7, 11) is 0. The van der Waals surface area contributed by atoms with Crippen molar-refractivity contribution < 1.29 is 23.0 Å². The maximum Gasteiger partial charge on any atom is 0.411 e. The van der Waals surface area contributed by atoms with E-state index in [0.29, 0.717) is 6.42 Å². The van der Waals surface area contributed by atoms with Gasteiger partial charge in [0.1, 0.15) is 6.61 Å². The number of aliphatic hydroxyl groups excluding tert-OH is 1. The predicted octanol–water partition coefficient (Wildman–Crippen LogP) is 1.07. The molecule has 0 aromatic heterocycles. The Morgan fingerprint density at radius 1 is 1.40 bits per heavy atom. The Balaban J connectivity index is 2.18. The van der Waals surface area contributed by atoms with Crippen LogP contribution in [-0.2, 0) is 4.74 Å². The molecule has 0 spiro atoms. The summed E-state index contributed by atoms with van der Waals surface area (Å²) in [6.07, 6.45) is -2.12. The van der Waals surface area contributed by atoms with Crippen molar-refractivity contribution in [3.05, 3.63) is 0 Å². The second-order valence-electron chi connectivity index (χ2n) is 3.89. The molecule has 1 aliphatic rings. The second kappa shape index (κ2) is 5.14. The molecule has 1 saturated heterocycles. The highest BCUT2D eigenvalue weighted by molar-refractivity contribution is 4.92. The van der Waals surface area contributed by atoms with Gasteiger partial charge in [0.05, 0.1) is 6.61 Å². The molecule has 15 heavy (non-hydrogen) atoms. The van der Waals surface area contributed by atoms with Crippen molar-refractivity contribution >= 4 is 0 Å². The summed E-state index contributed by atoms with van der Waals surface area (Å²) in [5.41, 5.74) is -0.425. The molecule has 0 aromatic carbocycles. The Bertz CT molecular complexity index is 190. The summed E-state index contributed by atoms with van der Waals surface area (Å²) < 4.78 is 39.7. The predicted molar refractivity (Wildman–Crippen MR) is 48.5 cm³/mol. The summed E-state index contributed by atoms with van der Waals surface area (Å²) in [5, 5.41) is 12.2. The quantitative estimate of drug-likeness (QED) is 0.690. The van der Waals surface area contributed by atoms with Crippen LogP contribution in [0.5, 0.6) is 0 Å². The molecule has 0 amide bonds. The van der Waals surface area contributed by atoms with Crippen LogP contribution in [0.25, 0.3) is 0 Å². The lowest BCUT2D eigenvalue weighted by Crippen LogP contribution is -2.44. The monoisotopic (exact) mass is 227 g/mol. The standard InChI is InChI=1S/C9H16F3NO2/c10-9(11,12)7-15-5-3-8(6-14)2-1-4-13-8/h13-14H,1-7H2. The van der Waals surface area contributed by atoms with Gasteiger partial charge in [0.25, 0.3) is 0 Å². The third-order valence-electron chi connectivity index (χ3n) is 2.63. The average Bonchev–Trinajstić information content (AvgIpc) is 2.60. The summed E-state index contributed by atoms with van der Waals surface area (Å²) in [5.74, 6) is 0. The molecule has 6 heteroatoms. The fourth-order valence-corrected chi connectivity index (χ4v) is 1.75. The van der Waals surface area contributed by atoms with Gasteiger partial charge in [-0.05, 0) is 25.8 Å². The molecule has 2 N–H and O–H groups in total. The number of aliphatic hydroxyl groups is 1. The Labute approximate surface area is 86.6 Å². The van der Waals surface area contributed by atoms with E-state index in [1.807, 2.05) is 0 Å². The highest BCUT2D eigenvalue weighted by Gasteiger charge is 2.33. The molecule has 1 rings (SSSR count). The lowest BCUT2D eigenvalue weighted by atomic mass is 9.95. The molecule has 0 aromatic rings. The number of hydrogen-bond donors (Lipinski definition) is 2. The van der Waals surface area contributed by atoms with Gasteiger partial charge in [-0.3, -0.25) is 0 Å². The minimum Gasteiger partial charge on any atom is -0.394 e. The molecule has 0 aliphatic carbocycles. The van der Waals surface area contributed by atoms with Gasteiger partial charge in [-0.25, -0.2) is 0 Å². The van der Waals surface area contributed by atoms with E-state index in [1.165, 1.54) is 0 Å². The Morgan fingerprint density at radius 2 is 2.13 bits per heavy atom. The molecule has 1 aliphatic heterocycles. The van der Waals surface area contributed by atoms with Gasteiger partial charge in [0.2, 0.25) is 0 Å². The van der Waals surface area contributed by atoms with Crippen LogP contribution >= 0.6 is 0 Å². The summed E-state index contributed by atoms with van der Waals surface area (Å²) in [6, 6.07) is 0. The zero-order valence-electron chi connectivity index (χ0n) is 8.44. The van der Waals surface area contributed by atoms with Crippen LogP contribution in [0.4, 0.5) is 13.2 Å². The van der Waals surface area contributed by atoms with Crippen molar-refractivity contribution in [2.75, 3.05) is 26.4 Å². The van der Waals surface area contributed by atoms with Crippen molar-refractivity contribution in [2.45, 2.75) is 31.0 Å². The van der Waals surface area contributed by atoms with Crippen molar-refractivity contribution in [3.63, 3.8) is 0 Å². The minimum absolute atomic E-state index is 0.0209. The summed E-state index contributed by atoms with van der Waals surface area (Å²) >= 11 is 0. The minimum atomic E-state index is -4.27. The molecular formula is C9H16F3NO2. The van der Waals surface area contributed by atoms with Crippen LogP contribution in [0.1, 0.15) is 19.3 Å². The van der Waals surface area contributed by atoms with Crippen LogP contribution in [0.15, 0.2) is 0 Å². The molecule has 1 atom stereocenters. The first kappa shape index (κ1) is 12.7. The number of ether oxygens (including phenoxy) is 1. The smallest absolute Gasteiger partial charge is 0.394 e. The van der Waals surface area contributed by atoms with E-state index in [-0.39, 0.29) is 13.2 Å². The van der Waals surface area contributed by atoms with E-state index >= 15 is 0 Å². The molecule has 0 radical (unpaired) electrons. The van der Waals surface area contributed by atoms with Crippen molar-refractivity contribution in [1.82, 2.24) is 5.32 Å². The number of alkyl halides is 3. The Kier molecular flexibility index (Phi) is 4.36. The molecule has 0 saturated carbocycles.